The second kappa shape index (κ2) is 4.65. The maximum atomic E-state index is 11.4. The van der Waals surface area contributed by atoms with Crippen molar-refractivity contribution >= 4 is 5.97 Å². The predicted molar refractivity (Wildman–Crippen MR) is 60.8 cm³/mol. The summed E-state index contributed by atoms with van der Waals surface area (Å²) in [6.07, 6.45) is 1.96. The number of esters is 1. The molecule has 0 aliphatic rings. The Kier molecular flexibility index (Phi) is 3.70. The molecule has 1 unspecified atom stereocenters. The van der Waals surface area contributed by atoms with Crippen molar-refractivity contribution < 1.29 is 9.53 Å². The third-order valence-corrected chi connectivity index (χ3v) is 2.71. The van der Waals surface area contributed by atoms with E-state index in [9.17, 15) is 4.79 Å². The Morgan fingerprint density at radius 1 is 1.69 bits per heavy atom. The number of aromatic nitrogens is 2. The van der Waals surface area contributed by atoms with Crippen molar-refractivity contribution in [3.8, 4) is 0 Å². The highest BCUT2D eigenvalue weighted by molar-refractivity contribution is 5.70. The van der Waals surface area contributed by atoms with Crippen LogP contribution in [0.2, 0.25) is 0 Å². The number of hydrogen-bond acceptors (Lipinski definition) is 4. The smallest absolute Gasteiger partial charge is 0.306 e. The van der Waals surface area contributed by atoms with Gasteiger partial charge in [-0.2, -0.15) is 5.10 Å². The van der Waals surface area contributed by atoms with Crippen LogP contribution in [0.3, 0.4) is 0 Å². The molecule has 0 radical (unpaired) electrons. The molecule has 1 rings (SSSR count). The van der Waals surface area contributed by atoms with E-state index in [0.717, 1.165) is 5.69 Å². The number of nitrogens with two attached hydrogens (primary N) is 1. The molecule has 0 fully saturated rings. The molecule has 0 saturated heterocycles. The van der Waals surface area contributed by atoms with Crippen LogP contribution in [-0.4, -0.2) is 28.4 Å². The van der Waals surface area contributed by atoms with Gasteiger partial charge in [-0.15, -0.1) is 0 Å². The lowest BCUT2D eigenvalue weighted by molar-refractivity contribution is -0.141. The van der Waals surface area contributed by atoms with Crippen molar-refractivity contribution in [3.63, 3.8) is 0 Å². The molecule has 2 N–H and O–H groups in total. The van der Waals surface area contributed by atoms with Gasteiger partial charge in [0.05, 0.1) is 13.5 Å². The summed E-state index contributed by atoms with van der Waals surface area (Å²) in [5.74, 6) is -0.364. The lowest BCUT2D eigenvalue weighted by Crippen LogP contribution is -2.41. The topological polar surface area (TPSA) is 70.1 Å². The van der Waals surface area contributed by atoms with E-state index in [2.05, 4.69) is 9.84 Å². The number of nitrogens with zero attached hydrogens (tertiary/aromatic N) is 2. The standard InChI is InChI=1S/C11H19N3O2/c1-11(2,12)8(7-10(15)16-4)9-5-6-13-14(9)3/h5-6,8H,7,12H2,1-4H3. The molecule has 0 aliphatic carbocycles. The van der Waals surface area contributed by atoms with E-state index in [-0.39, 0.29) is 18.3 Å². The summed E-state index contributed by atoms with van der Waals surface area (Å²) in [5.41, 5.74) is 6.54. The van der Waals surface area contributed by atoms with Gasteiger partial charge < -0.3 is 10.5 Å². The average molecular weight is 225 g/mol. The fourth-order valence-corrected chi connectivity index (χ4v) is 1.72. The van der Waals surface area contributed by atoms with Crippen LogP contribution in [0.15, 0.2) is 12.3 Å². The average Bonchev–Trinajstić information content (AvgIpc) is 2.58. The van der Waals surface area contributed by atoms with Crippen molar-refractivity contribution in [1.29, 1.82) is 0 Å². The zero-order chi connectivity index (χ0) is 12.3. The monoisotopic (exact) mass is 225 g/mol. The van der Waals surface area contributed by atoms with E-state index in [1.165, 1.54) is 7.11 Å². The Morgan fingerprint density at radius 3 is 2.69 bits per heavy atom. The van der Waals surface area contributed by atoms with Crippen molar-refractivity contribution in [3.05, 3.63) is 18.0 Å². The van der Waals surface area contributed by atoms with Crippen LogP contribution in [0.4, 0.5) is 0 Å². The molecule has 1 aromatic rings. The van der Waals surface area contributed by atoms with Gasteiger partial charge in [-0.1, -0.05) is 0 Å². The number of ether oxygens (including phenoxy) is 1. The van der Waals surface area contributed by atoms with E-state index in [4.69, 9.17) is 5.73 Å². The van der Waals surface area contributed by atoms with Gasteiger partial charge in [0.25, 0.3) is 0 Å². The highest BCUT2D eigenvalue weighted by Gasteiger charge is 2.31. The summed E-state index contributed by atoms with van der Waals surface area (Å²) >= 11 is 0. The fraction of sp³-hybridized carbons (Fsp3) is 0.636. The van der Waals surface area contributed by atoms with Crippen LogP contribution in [-0.2, 0) is 16.6 Å². The van der Waals surface area contributed by atoms with E-state index in [1.807, 2.05) is 27.0 Å². The lowest BCUT2D eigenvalue weighted by Gasteiger charge is -2.29. The number of carbonyl (C=O) groups excluding carboxylic acids is 1. The maximum absolute atomic E-state index is 11.4. The molecule has 90 valence electrons. The minimum Gasteiger partial charge on any atom is -0.469 e. The Morgan fingerprint density at radius 2 is 2.31 bits per heavy atom. The molecule has 16 heavy (non-hydrogen) atoms. The Balaban J connectivity index is 2.98. The molecule has 5 heteroatoms. The zero-order valence-electron chi connectivity index (χ0n) is 10.2. The first-order valence-corrected chi connectivity index (χ1v) is 5.20. The normalized spacial score (nSPS) is 13.6. The summed E-state index contributed by atoms with van der Waals surface area (Å²) < 4.78 is 6.43. The Bertz CT molecular complexity index is 366. The number of hydrogen-bond donors (Lipinski definition) is 1. The lowest BCUT2D eigenvalue weighted by atomic mass is 9.83. The van der Waals surface area contributed by atoms with Gasteiger partial charge in [0, 0.05) is 30.4 Å². The first-order chi connectivity index (χ1) is 7.36. The van der Waals surface area contributed by atoms with Crippen LogP contribution in [0, 0.1) is 0 Å². The fourth-order valence-electron chi connectivity index (χ4n) is 1.72. The highest BCUT2D eigenvalue weighted by atomic mass is 16.5. The van der Waals surface area contributed by atoms with Gasteiger partial charge in [0.15, 0.2) is 0 Å². The van der Waals surface area contributed by atoms with Gasteiger partial charge in [-0.25, -0.2) is 0 Å². The quantitative estimate of drug-likeness (QED) is 0.770. The first-order valence-electron chi connectivity index (χ1n) is 5.20. The highest BCUT2D eigenvalue weighted by Crippen LogP contribution is 2.29. The van der Waals surface area contributed by atoms with Crippen molar-refractivity contribution in [2.24, 2.45) is 12.8 Å². The molecular formula is C11H19N3O2. The van der Waals surface area contributed by atoms with Gasteiger partial charge in [-0.05, 0) is 19.9 Å². The van der Waals surface area contributed by atoms with E-state index < -0.39 is 5.54 Å². The van der Waals surface area contributed by atoms with Crippen LogP contribution < -0.4 is 5.73 Å². The third kappa shape index (κ3) is 2.82. The summed E-state index contributed by atoms with van der Waals surface area (Å²) in [7, 11) is 3.22. The molecule has 1 heterocycles. The van der Waals surface area contributed by atoms with E-state index >= 15 is 0 Å². The first kappa shape index (κ1) is 12.7. The van der Waals surface area contributed by atoms with Crippen LogP contribution >= 0.6 is 0 Å². The van der Waals surface area contributed by atoms with Crippen molar-refractivity contribution in [2.75, 3.05) is 7.11 Å². The molecule has 0 bridgehead atoms. The summed E-state index contributed by atoms with van der Waals surface area (Å²) in [5, 5.41) is 4.09. The second-order valence-corrected chi connectivity index (χ2v) is 4.53. The van der Waals surface area contributed by atoms with Crippen LogP contribution in [0.5, 0.6) is 0 Å². The maximum Gasteiger partial charge on any atom is 0.306 e. The summed E-state index contributed by atoms with van der Waals surface area (Å²) in [6.45, 7) is 3.79. The van der Waals surface area contributed by atoms with E-state index in [1.54, 1.807) is 10.9 Å². The molecular weight excluding hydrogens is 206 g/mol. The zero-order valence-corrected chi connectivity index (χ0v) is 10.2. The van der Waals surface area contributed by atoms with Gasteiger partial charge in [0.2, 0.25) is 0 Å². The Hall–Kier alpha value is -1.36. The minimum absolute atomic E-state index is 0.104. The SMILES string of the molecule is COC(=O)CC(c1ccnn1C)C(C)(C)N. The molecule has 0 saturated carbocycles. The molecule has 0 aromatic carbocycles. The molecule has 0 aliphatic heterocycles. The van der Waals surface area contributed by atoms with Crippen molar-refractivity contribution in [1.82, 2.24) is 9.78 Å². The molecule has 0 amide bonds. The predicted octanol–water partition coefficient (Wildman–Crippen LogP) is 0.804. The van der Waals surface area contributed by atoms with Gasteiger partial charge in [-0.3, -0.25) is 9.48 Å². The Labute approximate surface area is 95.6 Å². The van der Waals surface area contributed by atoms with Crippen molar-refractivity contribution in [2.45, 2.75) is 31.7 Å². The van der Waals surface area contributed by atoms with Crippen LogP contribution in [0.25, 0.3) is 0 Å². The van der Waals surface area contributed by atoms with Gasteiger partial charge >= 0.3 is 5.97 Å². The second-order valence-electron chi connectivity index (χ2n) is 4.53. The van der Waals surface area contributed by atoms with Gasteiger partial charge in [0.1, 0.15) is 0 Å². The number of carbonyl (C=O) groups is 1. The summed E-state index contributed by atoms with van der Waals surface area (Å²) in [6, 6.07) is 1.88. The third-order valence-electron chi connectivity index (χ3n) is 2.71. The number of methoxy groups -OCH3 is 1. The van der Waals surface area contributed by atoms with E-state index in [0.29, 0.717) is 0 Å². The molecule has 1 aromatic heterocycles. The molecule has 5 nitrogen and oxygen atoms in total. The number of rotatable bonds is 4. The summed E-state index contributed by atoms with van der Waals surface area (Å²) in [4.78, 5) is 11.4. The number of aryl methyl sites for hydroxylation is 1. The van der Waals surface area contributed by atoms with Crippen LogP contribution in [0.1, 0.15) is 31.9 Å². The minimum atomic E-state index is -0.498. The molecule has 1 atom stereocenters. The molecule has 0 spiro atoms. The largest absolute Gasteiger partial charge is 0.469 e.